The number of piperidine rings is 1. The summed E-state index contributed by atoms with van der Waals surface area (Å²) in [5, 5.41) is 8.90. The van der Waals surface area contributed by atoms with Crippen molar-refractivity contribution in [2.24, 2.45) is 4.99 Å². The van der Waals surface area contributed by atoms with Crippen LogP contribution in [0.25, 0.3) is 0 Å². The van der Waals surface area contributed by atoms with Crippen LogP contribution in [-0.4, -0.2) is 49.6 Å². The molecule has 2 N–H and O–H groups in total. The van der Waals surface area contributed by atoms with Gasteiger partial charge < -0.3 is 10.6 Å². The summed E-state index contributed by atoms with van der Waals surface area (Å²) >= 11 is 1.82. The first kappa shape index (κ1) is 17.3. The Bertz CT molecular complexity index is 430. The number of aliphatic imine (C=N–C) groups is 1. The lowest BCUT2D eigenvalue weighted by Crippen LogP contribution is -2.41. The zero-order chi connectivity index (χ0) is 15.6. The van der Waals surface area contributed by atoms with Crippen molar-refractivity contribution in [1.82, 2.24) is 15.5 Å². The maximum absolute atomic E-state index is 4.72. The summed E-state index contributed by atoms with van der Waals surface area (Å²) in [6.45, 7) is 9.48. The molecule has 0 radical (unpaired) electrons. The molecule has 1 saturated heterocycles. The second-order valence-electron chi connectivity index (χ2n) is 5.90. The minimum absolute atomic E-state index is 0.721. The van der Waals surface area contributed by atoms with Gasteiger partial charge in [0, 0.05) is 30.6 Å². The maximum atomic E-state index is 4.72. The van der Waals surface area contributed by atoms with Gasteiger partial charge in [-0.25, -0.2) is 0 Å². The average molecular weight is 323 g/mol. The van der Waals surface area contributed by atoms with Crippen molar-refractivity contribution in [2.75, 3.05) is 32.7 Å². The summed E-state index contributed by atoms with van der Waals surface area (Å²) < 4.78 is 0. The molecule has 5 heteroatoms. The lowest BCUT2D eigenvalue weighted by Gasteiger charge is -2.32. The molecule has 1 aliphatic heterocycles. The molecule has 22 heavy (non-hydrogen) atoms. The molecule has 4 nitrogen and oxygen atoms in total. The van der Waals surface area contributed by atoms with E-state index in [0.717, 1.165) is 44.6 Å². The molecular formula is C17H30N4S. The number of likely N-dealkylation sites (tertiary alicyclic amines) is 1. The molecule has 1 aliphatic rings. The lowest BCUT2D eigenvalue weighted by molar-refractivity contribution is 0.166. The minimum atomic E-state index is 0.721. The molecule has 0 amide bonds. The first-order valence-corrected chi connectivity index (χ1v) is 9.46. The molecule has 124 valence electrons. The van der Waals surface area contributed by atoms with Crippen LogP contribution < -0.4 is 10.6 Å². The molecule has 0 saturated carbocycles. The van der Waals surface area contributed by atoms with Gasteiger partial charge in [0.2, 0.25) is 0 Å². The van der Waals surface area contributed by atoms with E-state index in [4.69, 9.17) is 4.99 Å². The Hall–Kier alpha value is -1.07. The van der Waals surface area contributed by atoms with Crippen LogP contribution in [0.5, 0.6) is 0 Å². The maximum Gasteiger partial charge on any atom is 0.191 e. The highest BCUT2D eigenvalue weighted by molar-refractivity contribution is 7.09. The van der Waals surface area contributed by atoms with Gasteiger partial charge in [0.05, 0.1) is 6.54 Å². The lowest BCUT2D eigenvalue weighted by atomic mass is 10.0. The second-order valence-corrected chi connectivity index (χ2v) is 6.93. The summed E-state index contributed by atoms with van der Waals surface area (Å²) in [5.74, 6) is 0.948. The standard InChI is InChI=1S/C17H30N4S/c1-3-18-17(19-10-9-16-8-6-14-22-16)20-11-13-21-12-5-4-7-15(21)2/h6,8,14-15H,3-5,7,9-13H2,1-2H3,(H2,18,19,20). The van der Waals surface area contributed by atoms with E-state index in [9.17, 15) is 0 Å². The van der Waals surface area contributed by atoms with Crippen molar-refractivity contribution in [3.8, 4) is 0 Å². The fourth-order valence-corrected chi connectivity index (χ4v) is 3.59. The topological polar surface area (TPSA) is 39.7 Å². The highest BCUT2D eigenvalue weighted by Gasteiger charge is 2.17. The van der Waals surface area contributed by atoms with Gasteiger partial charge in [-0.05, 0) is 51.1 Å². The second kappa shape index (κ2) is 9.85. The van der Waals surface area contributed by atoms with E-state index in [-0.39, 0.29) is 0 Å². The Morgan fingerprint density at radius 3 is 3.05 bits per heavy atom. The van der Waals surface area contributed by atoms with Crippen LogP contribution >= 0.6 is 11.3 Å². The first-order valence-electron chi connectivity index (χ1n) is 8.58. The summed E-state index contributed by atoms with van der Waals surface area (Å²) in [6, 6.07) is 5.02. The van der Waals surface area contributed by atoms with Crippen LogP contribution in [0.1, 0.15) is 38.0 Å². The first-order chi connectivity index (χ1) is 10.8. The number of guanidine groups is 1. The Labute approximate surface area is 139 Å². The van der Waals surface area contributed by atoms with Crippen LogP contribution in [0, 0.1) is 0 Å². The monoisotopic (exact) mass is 322 g/mol. The van der Waals surface area contributed by atoms with E-state index < -0.39 is 0 Å². The molecule has 0 aromatic carbocycles. The van der Waals surface area contributed by atoms with Gasteiger partial charge in [0.25, 0.3) is 0 Å². The smallest absolute Gasteiger partial charge is 0.191 e. The van der Waals surface area contributed by atoms with Crippen molar-refractivity contribution < 1.29 is 0 Å². The quantitative estimate of drug-likeness (QED) is 0.599. The number of hydrogen-bond acceptors (Lipinski definition) is 3. The summed E-state index contributed by atoms with van der Waals surface area (Å²) in [5.41, 5.74) is 0. The van der Waals surface area contributed by atoms with Crippen molar-refractivity contribution >= 4 is 17.3 Å². The van der Waals surface area contributed by atoms with Crippen molar-refractivity contribution in [1.29, 1.82) is 0 Å². The van der Waals surface area contributed by atoms with Crippen LogP contribution in [0.3, 0.4) is 0 Å². The number of thiophene rings is 1. The normalized spacial score (nSPS) is 20.1. The SMILES string of the molecule is CCNC(=NCCN1CCCCC1C)NCCc1cccs1. The van der Waals surface area contributed by atoms with E-state index in [1.165, 1.54) is 30.7 Å². The number of nitrogens with zero attached hydrogens (tertiary/aromatic N) is 2. The Kier molecular flexibility index (Phi) is 7.74. The Balaban J connectivity index is 1.71. The van der Waals surface area contributed by atoms with Crippen LogP contribution in [0.4, 0.5) is 0 Å². The van der Waals surface area contributed by atoms with Gasteiger partial charge in [0.15, 0.2) is 5.96 Å². The zero-order valence-corrected chi connectivity index (χ0v) is 14.8. The van der Waals surface area contributed by atoms with Crippen molar-refractivity contribution in [2.45, 2.75) is 45.6 Å². The van der Waals surface area contributed by atoms with Crippen LogP contribution in [-0.2, 0) is 6.42 Å². The largest absolute Gasteiger partial charge is 0.357 e. The fraction of sp³-hybridized carbons (Fsp3) is 0.706. The van der Waals surface area contributed by atoms with Crippen LogP contribution in [0.15, 0.2) is 22.5 Å². The molecular weight excluding hydrogens is 292 g/mol. The van der Waals surface area contributed by atoms with Gasteiger partial charge >= 0.3 is 0 Å². The van der Waals surface area contributed by atoms with Gasteiger partial charge in [0.1, 0.15) is 0 Å². The average Bonchev–Trinajstić information content (AvgIpc) is 3.02. The molecule has 0 aliphatic carbocycles. The number of rotatable bonds is 7. The van der Waals surface area contributed by atoms with Gasteiger partial charge in [-0.15, -0.1) is 11.3 Å². The molecule has 0 spiro atoms. The third-order valence-electron chi connectivity index (χ3n) is 4.19. The van der Waals surface area contributed by atoms with E-state index in [1.807, 2.05) is 11.3 Å². The van der Waals surface area contributed by atoms with E-state index in [0.29, 0.717) is 0 Å². The zero-order valence-electron chi connectivity index (χ0n) is 14.0. The molecule has 1 aromatic heterocycles. The molecule has 2 rings (SSSR count). The number of nitrogens with one attached hydrogen (secondary N) is 2. The predicted octanol–water partition coefficient (Wildman–Crippen LogP) is 2.72. The fourth-order valence-electron chi connectivity index (χ4n) is 2.88. The minimum Gasteiger partial charge on any atom is -0.357 e. The molecule has 1 unspecified atom stereocenters. The van der Waals surface area contributed by atoms with E-state index in [1.54, 1.807) is 0 Å². The Morgan fingerprint density at radius 1 is 1.41 bits per heavy atom. The van der Waals surface area contributed by atoms with Crippen molar-refractivity contribution in [3.05, 3.63) is 22.4 Å². The predicted molar refractivity (Wildman–Crippen MR) is 96.9 cm³/mol. The van der Waals surface area contributed by atoms with Crippen molar-refractivity contribution in [3.63, 3.8) is 0 Å². The van der Waals surface area contributed by atoms with Crippen LogP contribution in [0.2, 0.25) is 0 Å². The van der Waals surface area contributed by atoms with Gasteiger partial charge in [-0.1, -0.05) is 12.5 Å². The molecule has 2 heterocycles. The van der Waals surface area contributed by atoms with Gasteiger partial charge in [-0.3, -0.25) is 9.89 Å². The molecule has 1 aromatic rings. The molecule has 1 fully saturated rings. The third-order valence-corrected chi connectivity index (χ3v) is 5.12. The molecule has 1 atom stereocenters. The molecule has 0 bridgehead atoms. The summed E-state index contributed by atoms with van der Waals surface area (Å²) in [6.07, 6.45) is 5.12. The van der Waals surface area contributed by atoms with Gasteiger partial charge in [-0.2, -0.15) is 0 Å². The highest BCUT2D eigenvalue weighted by atomic mass is 32.1. The summed E-state index contributed by atoms with van der Waals surface area (Å²) in [7, 11) is 0. The van der Waals surface area contributed by atoms with E-state index >= 15 is 0 Å². The number of hydrogen-bond donors (Lipinski definition) is 2. The third kappa shape index (κ3) is 5.97. The van der Waals surface area contributed by atoms with E-state index in [2.05, 4.69) is 46.9 Å². The Morgan fingerprint density at radius 2 is 2.32 bits per heavy atom. The highest BCUT2D eigenvalue weighted by Crippen LogP contribution is 2.15. The summed E-state index contributed by atoms with van der Waals surface area (Å²) in [4.78, 5) is 8.71.